The molecule has 1 amide bonds. The van der Waals surface area contributed by atoms with Gasteiger partial charge in [0.1, 0.15) is 5.82 Å². The third-order valence-corrected chi connectivity index (χ3v) is 5.32. The van der Waals surface area contributed by atoms with E-state index < -0.39 is 41.0 Å². The number of nitrogens with zero attached hydrogens (tertiary/aromatic N) is 3. The number of fused-ring (bicyclic) bond motifs is 1. The molecular formula is C22H19F6N3O2. The topological polar surface area (TPSA) is 55.2 Å². The van der Waals surface area contributed by atoms with Crippen LogP contribution in [0.5, 0.6) is 0 Å². The molecule has 0 aliphatic carbocycles. The number of aromatic nitrogens is 2. The average Bonchev–Trinajstić information content (AvgIpc) is 2.76. The maximum absolute atomic E-state index is 13.2. The van der Waals surface area contributed by atoms with Crippen molar-refractivity contribution in [2.45, 2.75) is 38.8 Å². The van der Waals surface area contributed by atoms with E-state index in [0.717, 1.165) is 4.90 Å². The molecule has 176 valence electrons. The normalized spacial score (nSPS) is 13.2. The van der Waals surface area contributed by atoms with Gasteiger partial charge in [-0.05, 0) is 44.2 Å². The number of halogens is 6. The first-order valence-corrected chi connectivity index (χ1v) is 9.81. The zero-order chi connectivity index (χ0) is 24.7. The van der Waals surface area contributed by atoms with Crippen molar-refractivity contribution in [2.75, 3.05) is 7.05 Å². The lowest BCUT2D eigenvalue weighted by molar-refractivity contribution is -0.143. The fraction of sp³-hybridized carbons (Fsp3) is 0.318. The second-order valence-corrected chi connectivity index (χ2v) is 7.42. The average molecular weight is 471 g/mol. The minimum atomic E-state index is -5.08. The molecule has 0 saturated heterocycles. The molecule has 1 aromatic heterocycles. The van der Waals surface area contributed by atoms with Crippen LogP contribution >= 0.6 is 0 Å². The van der Waals surface area contributed by atoms with Crippen molar-refractivity contribution in [2.24, 2.45) is 0 Å². The number of amides is 1. The van der Waals surface area contributed by atoms with E-state index in [-0.39, 0.29) is 24.0 Å². The molecule has 0 aliphatic heterocycles. The predicted octanol–water partition coefficient (Wildman–Crippen LogP) is 5.29. The Balaban J connectivity index is 2.09. The molecule has 1 unspecified atom stereocenters. The van der Waals surface area contributed by atoms with Crippen molar-refractivity contribution >= 4 is 16.8 Å². The highest BCUT2D eigenvalue weighted by Crippen LogP contribution is 2.37. The van der Waals surface area contributed by atoms with Gasteiger partial charge in [0, 0.05) is 19.2 Å². The highest BCUT2D eigenvalue weighted by Gasteiger charge is 2.38. The predicted molar refractivity (Wildman–Crippen MR) is 109 cm³/mol. The standard InChI is InChI=1S/C22H19F6N3O2/c1-4-31-18(29-17-8-6-5-7-16(17)20(31)33)12(2)30(3)19(32)13-9-14(21(23,24)25)11-15(10-13)22(26,27)28/h5-12H,4H2,1-3H3. The van der Waals surface area contributed by atoms with E-state index in [0.29, 0.717) is 23.0 Å². The summed E-state index contributed by atoms with van der Waals surface area (Å²) in [7, 11) is 1.22. The molecular weight excluding hydrogens is 452 g/mol. The molecule has 33 heavy (non-hydrogen) atoms. The van der Waals surface area contributed by atoms with Crippen molar-refractivity contribution in [3.8, 4) is 0 Å². The van der Waals surface area contributed by atoms with Crippen molar-refractivity contribution in [3.05, 3.63) is 75.3 Å². The zero-order valence-electron chi connectivity index (χ0n) is 17.8. The molecule has 2 aromatic carbocycles. The van der Waals surface area contributed by atoms with Gasteiger partial charge >= 0.3 is 12.4 Å². The molecule has 0 bridgehead atoms. The Bertz CT molecular complexity index is 1230. The van der Waals surface area contributed by atoms with Crippen molar-refractivity contribution in [3.63, 3.8) is 0 Å². The van der Waals surface area contributed by atoms with E-state index in [1.807, 2.05) is 0 Å². The van der Waals surface area contributed by atoms with E-state index >= 15 is 0 Å². The quantitative estimate of drug-likeness (QED) is 0.486. The van der Waals surface area contributed by atoms with Crippen molar-refractivity contribution in [1.82, 2.24) is 14.5 Å². The number of rotatable bonds is 4. The van der Waals surface area contributed by atoms with E-state index in [1.54, 1.807) is 31.2 Å². The van der Waals surface area contributed by atoms with E-state index in [2.05, 4.69) is 4.98 Å². The number of hydrogen-bond acceptors (Lipinski definition) is 3. The van der Waals surface area contributed by atoms with Gasteiger partial charge in [0.05, 0.1) is 28.1 Å². The summed E-state index contributed by atoms with van der Waals surface area (Å²) in [6, 6.07) is 6.28. The first-order valence-electron chi connectivity index (χ1n) is 9.81. The second kappa shape index (κ2) is 8.53. The lowest BCUT2D eigenvalue weighted by atomic mass is 10.0. The molecule has 0 aliphatic rings. The van der Waals surface area contributed by atoms with Crippen LogP contribution in [0.4, 0.5) is 26.3 Å². The van der Waals surface area contributed by atoms with Crippen LogP contribution in [0.25, 0.3) is 10.9 Å². The molecule has 5 nitrogen and oxygen atoms in total. The number of benzene rings is 2. The Kier molecular flexibility index (Phi) is 6.27. The molecule has 0 saturated carbocycles. The van der Waals surface area contributed by atoms with Gasteiger partial charge in [0.15, 0.2) is 0 Å². The van der Waals surface area contributed by atoms with Gasteiger partial charge in [-0.2, -0.15) is 26.3 Å². The third kappa shape index (κ3) is 4.71. The summed E-state index contributed by atoms with van der Waals surface area (Å²) < 4.78 is 80.4. The van der Waals surface area contributed by atoms with Gasteiger partial charge < -0.3 is 4.90 Å². The summed E-state index contributed by atoms with van der Waals surface area (Å²) in [5, 5.41) is 0.344. The maximum Gasteiger partial charge on any atom is 0.416 e. The zero-order valence-corrected chi connectivity index (χ0v) is 17.8. The van der Waals surface area contributed by atoms with Gasteiger partial charge in [-0.15, -0.1) is 0 Å². The largest absolute Gasteiger partial charge is 0.416 e. The molecule has 1 atom stereocenters. The van der Waals surface area contributed by atoms with Crippen LogP contribution in [-0.2, 0) is 18.9 Å². The Labute approximate surface area is 184 Å². The number of hydrogen-bond donors (Lipinski definition) is 0. The Morgan fingerprint density at radius 3 is 2.09 bits per heavy atom. The van der Waals surface area contributed by atoms with Gasteiger partial charge in [-0.1, -0.05) is 12.1 Å². The Morgan fingerprint density at radius 1 is 1.03 bits per heavy atom. The summed E-state index contributed by atoms with van der Waals surface area (Å²) in [4.78, 5) is 31.2. The van der Waals surface area contributed by atoms with Gasteiger partial charge in [-0.3, -0.25) is 14.2 Å². The van der Waals surface area contributed by atoms with Gasteiger partial charge in [0.25, 0.3) is 11.5 Å². The third-order valence-electron chi connectivity index (χ3n) is 5.32. The maximum atomic E-state index is 13.2. The Morgan fingerprint density at radius 2 is 1.58 bits per heavy atom. The first kappa shape index (κ1) is 24.3. The van der Waals surface area contributed by atoms with Crippen LogP contribution in [0.15, 0.2) is 47.3 Å². The molecule has 3 rings (SSSR count). The second-order valence-electron chi connectivity index (χ2n) is 7.42. The van der Waals surface area contributed by atoms with Crippen LogP contribution in [-0.4, -0.2) is 27.4 Å². The van der Waals surface area contributed by atoms with Crippen LogP contribution < -0.4 is 5.56 Å². The van der Waals surface area contributed by atoms with Gasteiger partial charge in [0.2, 0.25) is 0 Å². The van der Waals surface area contributed by atoms with Crippen molar-refractivity contribution in [1.29, 1.82) is 0 Å². The summed E-state index contributed by atoms with van der Waals surface area (Å²) in [5.41, 5.74) is -3.97. The summed E-state index contributed by atoms with van der Waals surface area (Å²) >= 11 is 0. The van der Waals surface area contributed by atoms with E-state index in [9.17, 15) is 35.9 Å². The van der Waals surface area contributed by atoms with E-state index in [1.165, 1.54) is 18.5 Å². The summed E-state index contributed by atoms with van der Waals surface area (Å²) in [6.07, 6.45) is -10.2. The van der Waals surface area contributed by atoms with Crippen LogP contribution in [0.3, 0.4) is 0 Å². The van der Waals surface area contributed by atoms with Crippen LogP contribution in [0, 0.1) is 0 Å². The monoisotopic (exact) mass is 471 g/mol. The minimum Gasteiger partial charge on any atom is -0.332 e. The molecule has 3 aromatic rings. The summed E-state index contributed by atoms with van der Waals surface area (Å²) in [6.45, 7) is 3.36. The highest BCUT2D eigenvalue weighted by atomic mass is 19.4. The lowest BCUT2D eigenvalue weighted by Gasteiger charge is -2.27. The molecule has 0 radical (unpaired) electrons. The fourth-order valence-electron chi connectivity index (χ4n) is 3.44. The lowest BCUT2D eigenvalue weighted by Crippen LogP contribution is -2.35. The first-order chi connectivity index (χ1) is 15.3. The highest BCUT2D eigenvalue weighted by molar-refractivity contribution is 5.94. The molecule has 1 heterocycles. The minimum absolute atomic E-state index is 0.0418. The van der Waals surface area contributed by atoms with E-state index in [4.69, 9.17) is 0 Å². The Hall–Kier alpha value is -3.37. The smallest absolute Gasteiger partial charge is 0.332 e. The van der Waals surface area contributed by atoms with Crippen molar-refractivity contribution < 1.29 is 31.1 Å². The number of alkyl halides is 6. The molecule has 0 fully saturated rings. The number of carbonyl (C=O) groups excluding carboxylic acids is 1. The summed E-state index contributed by atoms with van der Waals surface area (Å²) in [5.74, 6) is -0.927. The van der Waals surface area contributed by atoms with Crippen LogP contribution in [0.2, 0.25) is 0 Å². The number of para-hydroxylation sites is 1. The molecule has 0 spiro atoms. The number of carbonyl (C=O) groups is 1. The van der Waals surface area contributed by atoms with Gasteiger partial charge in [-0.25, -0.2) is 4.98 Å². The fourth-order valence-corrected chi connectivity index (χ4v) is 3.44. The SMILES string of the molecule is CCn1c(C(C)N(C)C(=O)c2cc(C(F)(F)F)cc(C(F)(F)F)c2)nc2ccccc2c1=O. The van der Waals surface area contributed by atoms with Crippen LogP contribution in [0.1, 0.15) is 47.2 Å². The molecule has 0 N–H and O–H groups in total. The molecule has 11 heteroatoms.